The maximum atomic E-state index is 13.2. The van der Waals surface area contributed by atoms with E-state index in [4.69, 9.17) is 27.1 Å². The molecule has 240 valence electrons. The molecule has 1 fully saturated rings. The molecule has 1 aliphatic carbocycles. The zero-order chi connectivity index (χ0) is 32.7. The zero-order valence-corrected chi connectivity index (χ0v) is 25.0. The molecule has 1 unspecified atom stereocenters. The lowest BCUT2D eigenvalue weighted by molar-refractivity contribution is -0.152. The molecule has 1 aromatic rings. The first-order chi connectivity index (χ1) is 20.8. The van der Waals surface area contributed by atoms with Crippen LogP contribution in [0.15, 0.2) is 48.6 Å². The van der Waals surface area contributed by atoms with Gasteiger partial charge in [0.1, 0.15) is 12.4 Å². The van der Waals surface area contributed by atoms with Crippen molar-refractivity contribution in [3.05, 3.63) is 54.1 Å². The summed E-state index contributed by atoms with van der Waals surface area (Å²) in [4.78, 5) is 24.5. The summed E-state index contributed by atoms with van der Waals surface area (Å²) in [5.41, 5.74) is -0.892. The van der Waals surface area contributed by atoms with Gasteiger partial charge in [-0.1, -0.05) is 24.3 Å². The molecule has 1 aromatic carbocycles. The summed E-state index contributed by atoms with van der Waals surface area (Å²) >= 11 is 0. The topological polar surface area (TPSA) is 102 Å². The Morgan fingerprint density at radius 2 is 1.80 bits per heavy atom. The molecular formula is C34H41F3O7. The smallest absolute Gasteiger partial charge is 0.416 e. The Balaban J connectivity index is 2.14. The van der Waals surface area contributed by atoms with Gasteiger partial charge < -0.3 is 24.4 Å². The molecule has 0 saturated heterocycles. The Hall–Kier alpha value is -3.73. The van der Waals surface area contributed by atoms with Gasteiger partial charge in [0.05, 0.1) is 29.8 Å². The third-order valence-corrected chi connectivity index (χ3v) is 7.06. The molecule has 1 aliphatic rings. The quantitative estimate of drug-likeness (QED) is 0.107. The summed E-state index contributed by atoms with van der Waals surface area (Å²) < 4.78 is 55.8. The molecule has 0 heterocycles. The van der Waals surface area contributed by atoms with Crippen molar-refractivity contribution in [3.8, 4) is 30.4 Å². The highest BCUT2D eigenvalue weighted by atomic mass is 19.4. The van der Waals surface area contributed by atoms with Crippen LogP contribution in [0, 0.1) is 42.4 Å². The van der Waals surface area contributed by atoms with Crippen molar-refractivity contribution in [1.29, 1.82) is 0 Å². The first-order valence-electron chi connectivity index (χ1n) is 14.6. The van der Waals surface area contributed by atoms with Gasteiger partial charge in [0.15, 0.2) is 6.10 Å². The molecular weight excluding hydrogens is 577 g/mol. The van der Waals surface area contributed by atoms with Crippen LogP contribution in [0.25, 0.3) is 0 Å². The number of alkyl halides is 3. The second-order valence-corrected chi connectivity index (χ2v) is 11.0. The van der Waals surface area contributed by atoms with E-state index >= 15 is 0 Å². The fourth-order valence-corrected chi connectivity index (χ4v) is 4.85. The van der Waals surface area contributed by atoms with E-state index in [0.29, 0.717) is 25.7 Å². The zero-order valence-electron chi connectivity index (χ0n) is 25.0. The third-order valence-electron chi connectivity index (χ3n) is 7.06. The number of hydrogen-bond donors (Lipinski definition) is 2. The molecule has 10 heteroatoms. The van der Waals surface area contributed by atoms with E-state index in [2.05, 4.69) is 11.8 Å². The van der Waals surface area contributed by atoms with Crippen LogP contribution in [0.2, 0.25) is 0 Å². The van der Waals surface area contributed by atoms with E-state index in [1.807, 2.05) is 12.2 Å². The predicted molar refractivity (Wildman–Crippen MR) is 159 cm³/mol. The average molecular weight is 619 g/mol. The van der Waals surface area contributed by atoms with E-state index in [1.165, 1.54) is 18.2 Å². The second kappa shape index (κ2) is 18.2. The molecule has 0 spiro atoms. The van der Waals surface area contributed by atoms with E-state index in [-0.39, 0.29) is 49.6 Å². The number of unbranched alkanes of at least 4 members (excludes halogenated alkanes) is 1. The normalized spacial score (nSPS) is 21.0. The standard InChI is InChI=1S/C34H41F3O7/c1-5-12-24(13-6-2)33(41)44-27(22-42-26-15-11-14-25(20-26)34(35,36)37)18-19-29-28(30(38)21-31(29)39)16-9-7-8-10-17-32(40)43-23(3)4/h1-2,7,9,11,14-15,18-20,23-24,27-31,38-39H,8,10,12-13,16-17,21-22H2,3-4H3/b9-7-,19-18+/t27?,28-,29-,30+,31-/m1/s1. The molecule has 0 aromatic heterocycles. The van der Waals surface area contributed by atoms with Gasteiger partial charge in [0.25, 0.3) is 0 Å². The average Bonchev–Trinajstić information content (AvgIpc) is 3.22. The SMILES string of the molecule is C#CCC(CC#C)C(=O)OC(/C=C/[C@@H]1[C@@H](C/C=C\CCCC(=O)OC(C)C)[C@@H](O)C[C@H]1O)COc1cccc(C(F)(F)F)c1. The van der Waals surface area contributed by atoms with Crippen molar-refractivity contribution in [2.24, 2.45) is 17.8 Å². The van der Waals surface area contributed by atoms with Crippen molar-refractivity contribution >= 4 is 11.9 Å². The van der Waals surface area contributed by atoms with Crippen LogP contribution in [0.1, 0.15) is 64.4 Å². The number of aliphatic hydroxyl groups is 2. The van der Waals surface area contributed by atoms with Crippen molar-refractivity contribution in [3.63, 3.8) is 0 Å². The monoisotopic (exact) mass is 618 g/mol. The number of rotatable bonds is 16. The van der Waals surface area contributed by atoms with Crippen molar-refractivity contribution in [2.45, 2.75) is 89.4 Å². The highest BCUT2D eigenvalue weighted by Gasteiger charge is 2.39. The van der Waals surface area contributed by atoms with Gasteiger partial charge in [-0.3, -0.25) is 9.59 Å². The van der Waals surface area contributed by atoms with Gasteiger partial charge in [0, 0.05) is 31.6 Å². The van der Waals surface area contributed by atoms with Crippen LogP contribution < -0.4 is 4.74 Å². The highest BCUT2D eigenvalue weighted by molar-refractivity contribution is 5.73. The third kappa shape index (κ3) is 12.5. The first kappa shape index (κ1) is 36.5. The van der Waals surface area contributed by atoms with E-state index in [1.54, 1.807) is 19.9 Å². The fraction of sp³-hybridized carbons (Fsp3) is 0.529. The van der Waals surface area contributed by atoms with Gasteiger partial charge >= 0.3 is 18.1 Å². The number of hydrogen-bond acceptors (Lipinski definition) is 7. The van der Waals surface area contributed by atoms with Crippen LogP contribution in [0.5, 0.6) is 5.75 Å². The summed E-state index contributed by atoms with van der Waals surface area (Å²) in [6.45, 7) is 3.25. The second-order valence-electron chi connectivity index (χ2n) is 11.0. The fourth-order valence-electron chi connectivity index (χ4n) is 4.85. The van der Waals surface area contributed by atoms with Crippen LogP contribution in [0.3, 0.4) is 0 Å². The number of aliphatic hydroxyl groups excluding tert-OH is 2. The molecule has 0 bridgehead atoms. The minimum atomic E-state index is -4.56. The number of ether oxygens (including phenoxy) is 3. The maximum Gasteiger partial charge on any atom is 0.416 e. The lowest BCUT2D eigenvalue weighted by atomic mass is 9.89. The molecule has 2 rings (SSSR count). The number of allylic oxidation sites excluding steroid dienone is 2. The van der Waals surface area contributed by atoms with Crippen molar-refractivity contribution in [1.82, 2.24) is 0 Å². The first-order valence-corrected chi connectivity index (χ1v) is 14.6. The van der Waals surface area contributed by atoms with Crippen molar-refractivity contribution < 1.29 is 47.2 Å². The van der Waals surface area contributed by atoms with Crippen LogP contribution >= 0.6 is 0 Å². The summed E-state index contributed by atoms with van der Waals surface area (Å²) in [5.74, 6) is 2.11. The molecule has 1 saturated carbocycles. The summed E-state index contributed by atoms with van der Waals surface area (Å²) in [7, 11) is 0. The van der Waals surface area contributed by atoms with Gasteiger partial charge in [-0.15, -0.1) is 24.7 Å². The van der Waals surface area contributed by atoms with Crippen LogP contribution in [0.4, 0.5) is 13.2 Å². The maximum absolute atomic E-state index is 13.2. The Labute approximate surface area is 257 Å². The summed E-state index contributed by atoms with van der Waals surface area (Å²) in [6, 6.07) is 4.31. The van der Waals surface area contributed by atoms with E-state index in [0.717, 1.165) is 12.1 Å². The Morgan fingerprint density at radius 1 is 1.09 bits per heavy atom. The highest BCUT2D eigenvalue weighted by Crippen LogP contribution is 2.36. The minimum Gasteiger partial charge on any atom is -0.489 e. The minimum absolute atomic E-state index is 0.0365. The lowest BCUT2D eigenvalue weighted by Gasteiger charge is -2.22. The van der Waals surface area contributed by atoms with Crippen LogP contribution in [-0.4, -0.2) is 53.2 Å². The number of terminal acetylenes is 2. The lowest BCUT2D eigenvalue weighted by Crippen LogP contribution is -2.28. The molecule has 7 nitrogen and oxygen atoms in total. The molecule has 0 amide bonds. The molecule has 5 atom stereocenters. The number of carbonyl (C=O) groups is 2. The van der Waals surface area contributed by atoms with Crippen molar-refractivity contribution in [2.75, 3.05) is 6.61 Å². The van der Waals surface area contributed by atoms with Gasteiger partial charge in [-0.25, -0.2) is 0 Å². The van der Waals surface area contributed by atoms with Gasteiger partial charge in [-0.2, -0.15) is 13.2 Å². The number of benzene rings is 1. The molecule has 2 N–H and O–H groups in total. The Morgan fingerprint density at radius 3 is 2.43 bits per heavy atom. The number of esters is 2. The summed E-state index contributed by atoms with van der Waals surface area (Å²) in [6.07, 6.45) is 12.4. The van der Waals surface area contributed by atoms with E-state index < -0.39 is 47.9 Å². The summed E-state index contributed by atoms with van der Waals surface area (Å²) in [5, 5.41) is 21.3. The van der Waals surface area contributed by atoms with Crippen LogP contribution in [-0.2, 0) is 25.2 Å². The number of halogens is 3. The molecule has 0 aliphatic heterocycles. The Bertz CT molecular complexity index is 1190. The molecule has 44 heavy (non-hydrogen) atoms. The number of carbonyl (C=O) groups excluding carboxylic acids is 2. The predicted octanol–water partition coefficient (Wildman–Crippen LogP) is 5.64. The molecule has 0 radical (unpaired) electrons. The largest absolute Gasteiger partial charge is 0.489 e. The Kier molecular flexibility index (Phi) is 15.1. The van der Waals surface area contributed by atoms with Gasteiger partial charge in [-0.05, 0) is 63.3 Å². The van der Waals surface area contributed by atoms with E-state index in [9.17, 15) is 33.0 Å². The van der Waals surface area contributed by atoms with Gasteiger partial charge in [0.2, 0.25) is 0 Å².